The number of hydrogen-bond donors (Lipinski definition) is 1. The number of amides is 2. The number of anilines is 1. The smallest absolute Gasteiger partial charge is 0.352 e. The van der Waals surface area contributed by atoms with Gasteiger partial charge in [-0.05, 0) is 56.5 Å². The molecule has 0 unspecified atom stereocenters. The number of halogens is 5. The van der Waals surface area contributed by atoms with Crippen molar-refractivity contribution in [2.75, 3.05) is 17.1 Å². The summed E-state index contributed by atoms with van der Waals surface area (Å²) in [4.78, 5) is 28.0. The Morgan fingerprint density at radius 2 is 1.62 bits per heavy atom. The number of sulfonamides is 1. The molecule has 0 aromatic heterocycles. The first kappa shape index (κ1) is 33.7. The van der Waals surface area contributed by atoms with E-state index in [4.69, 9.17) is 23.2 Å². The lowest BCUT2D eigenvalue weighted by Gasteiger charge is -2.32. The Morgan fingerprint density at radius 1 is 1.02 bits per heavy atom. The van der Waals surface area contributed by atoms with E-state index in [1.165, 1.54) is 11.0 Å². The SMILES string of the molecule is CC[C@H](C(=O)N[C@@H](C)CC)N(Cc1c(Cl)cccc1Cl)C(=O)CCCN(c1cccc(C(F)(F)F)c1)S(C)(=O)=O. The van der Waals surface area contributed by atoms with Gasteiger partial charge in [-0.3, -0.25) is 13.9 Å². The third-order valence-electron chi connectivity index (χ3n) is 6.39. The summed E-state index contributed by atoms with van der Waals surface area (Å²) >= 11 is 12.7. The molecular formula is C27H34Cl2F3N3O4S. The van der Waals surface area contributed by atoms with E-state index >= 15 is 0 Å². The molecule has 0 aliphatic carbocycles. The Balaban J connectivity index is 2.32. The van der Waals surface area contributed by atoms with Crippen molar-refractivity contribution in [3.63, 3.8) is 0 Å². The molecular weight excluding hydrogens is 590 g/mol. The fourth-order valence-electron chi connectivity index (χ4n) is 4.06. The van der Waals surface area contributed by atoms with E-state index in [2.05, 4.69) is 5.32 Å². The molecule has 2 aromatic carbocycles. The maximum absolute atomic E-state index is 13.5. The largest absolute Gasteiger partial charge is 0.416 e. The fraction of sp³-hybridized carbons (Fsp3) is 0.481. The number of benzene rings is 2. The first-order chi connectivity index (χ1) is 18.6. The summed E-state index contributed by atoms with van der Waals surface area (Å²) in [5, 5.41) is 3.52. The minimum Gasteiger partial charge on any atom is -0.352 e. The van der Waals surface area contributed by atoms with E-state index in [0.29, 0.717) is 22.0 Å². The van der Waals surface area contributed by atoms with Gasteiger partial charge in [-0.25, -0.2) is 8.42 Å². The Labute approximate surface area is 243 Å². The Hall–Kier alpha value is -2.50. The molecule has 0 bridgehead atoms. The first-order valence-electron chi connectivity index (χ1n) is 12.8. The Bertz CT molecular complexity index is 1270. The highest BCUT2D eigenvalue weighted by atomic mass is 35.5. The van der Waals surface area contributed by atoms with Crippen LogP contribution in [0.3, 0.4) is 0 Å². The summed E-state index contributed by atoms with van der Waals surface area (Å²) in [7, 11) is -3.97. The lowest BCUT2D eigenvalue weighted by atomic mass is 10.1. The highest BCUT2D eigenvalue weighted by Crippen LogP contribution is 2.32. The molecule has 2 aromatic rings. The standard InChI is InChI=1S/C27H34Cl2F3N3O4S/c1-5-18(3)33-26(37)24(6-2)34(17-21-22(28)12-8-13-23(21)29)25(36)14-9-15-35(40(4,38)39)20-11-7-10-19(16-20)27(30,31)32/h7-8,10-13,16,18,24H,5-6,9,14-15,17H2,1-4H3,(H,33,37)/t18-,24+/m0/s1. The van der Waals surface area contributed by atoms with Crippen molar-refractivity contribution in [3.8, 4) is 0 Å². The van der Waals surface area contributed by atoms with Crippen LogP contribution in [0.25, 0.3) is 0 Å². The summed E-state index contributed by atoms with van der Waals surface area (Å²) in [5.74, 6) is -0.810. The first-order valence-corrected chi connectivity index (χ1v) is 15.4. The average molecular weight is 625 g/mol. The summed E-state index contributed by atoms with van der Waals surface area (Å²) in [5.41, 5.74) is -0.699. The van der Waals surface area contributed by atoms with Crippen LogP contribution < -0.4 is 9.62 Å². The molecule has 0 aliphatic heterocycles. The molecule has 0 spiro atoms. The van der Waals surface area contributed by atoms with Crippen LogP contribution >= 0.6 is 23.2 Å². The van der Waals surface area contributed by atoms with Crippen LogP contribution in [0.5, 0.6) is 0 Å². The van der Waals surface area contributed by atoms with Gasteiger partial charge in [0.2, 0.25) is 21.8 Å². The van der Waals surface area contributed by atoms with E-state index in [-0.39, 0.29) is 50.0 Å². The predicted octanol–water partition coefficient (Wildman–Crippen LogP) is 6.28. The molecule has 0 fully saturated rings. The molecule has 222 valence electrons. The fourth-order valence-corrected chi connectivity index (χ4v) is 5.53. The van der Waals surface area contributed by atoms with Gasteiger partial charge in [-0.15, -0.1) is 0 Å². The van der Waals surface area contributed by atoms with Crippen molar-refractivity contribution in [3.05, 3.63) is 63.6 Å². The zero-order valence-electron chi connectivity index (χ0n) is 22.8. The molecule has 2 atom stereocenters. The summed E-state index contributed by atoms with van der Waals surface area (Å²) < 4.78 is 65.4. The highest BCUT2D eigenvalue weighted by Gasteiger charge is 2.32. The van der Waals surface area contributed by atoms with Crippen molar-refractivity contribution in [2.24, 2.45) is 0 Å². The molecule has 0 saturated heterocycles. The molecule has 1 N–H and O–H groups in total. The Morgan fingerprint density at radius 3 is 2.15 bits per heavy atom. The highest BCUT2D eigenvalue weighted by molar-refractivity contribution is 7.92. The maximum Gasteiger partial charge on any atom is 0.416 e. The van der Waals surface area contributed by atoms with Crippen LogP contribution in [0.15, 0.2) is 42.5 Å². The predicted molar refractivity (Wildman–Crippen MR) is 152 cm³/mol. The van der Waals surface area contributed by atoms with Gasteiger partial charge >= 0.3 is 6.18 Å². The zero-order valence-corrected chi connectivity index (χ0v) is 25.1. The topological polar surface area (TPSA) is 86.8 Å². The normalized spacial score (nSPS) is 13.4. The van der Waals surface area contributed by atoms with E-state index < -0.39 is 33.7 Å². The molecule has 0 aliphatic rings. The second kappa shape index (κ2) is 14.4. The van der Waals surface area contributed by atoms with Gasteiger partial charge in [-0.2, -0.15) is 13.2 Å². The Kier molecular flexibility index (Phi) is 12.1. The molecule has 0 heterocycles. The van der Waals surface area contributed by atoms with Crippen LogP contribution in [0.4, 0.5) is 18.9 Å². The van der Waals surface area contributed by atoms with Crippen LogP contribution in [-0.2, 0) is 32.3 Å². The lowest BCUT2D eigenvalue weighted by molar-refractivity contribution is -0.141. The van der Waals surface area contributed by atoms with E-state index in [1.807, 2.05) is 13.8 Å². The third-order valence-corrected chi connectivity index (χ3v) is 8.29. The van der Waals surface area contributed by atoms with Gasteiger partial charge in [0.25, 0.3) is 0 Å². The van der Waals surface area contributed by atoms with E-state index in [9.17, 15) is 31.2 Å². The number of alkyl halides is 3. The molecule has 0 saturated carbocycles. The van der Waals surface area contributed by atoms with E-state index in [1.54, 1.807) is 25.1 Å². The summed E-state index contributed by atoms with van der Waals surface area (Å²) in [6.45, 7) is 5.20. The zero-order chi connectivity index (χ0) is 30.3. The molecule has 0 radical (unpaired) electrons. The molecule has 7 nitrogen and oxygen atoms in total. The van der Waals surface area contributed by atoms with Crippen LogP contribution in [-0.4, -0.2) is 50.0 Å². The van der Waals surface area contributed by atoms with Crippen molar-refractivity contribution < 1.29 is 31.2 Å². The number of rotatable bonds is 13. The minimum atomic E-state index is -4.65. The number of carbonyl (C=O) groups is 2. The van der Waals surface area contributed by atoms with Crippen LogP contribution in [0, 0.1) is 0 Å². The van der Waals surface area contributed by atoms with Crippen LogP contribution in [0.2, 0.25) is 10.0 Å². The minimum absolute atomic E-state index is 0.0156. The second-order valence-corrected chi connectivity index (χ2v) is 12.2. The number of carbonyl (C=O) groups excluding carboxylic acids is 2. The molecule has 2 rings (SSSR count). The second-order valence-electron chi connectivity index (χ2n) is 9.45. The number of nitrogens with zero attached hydrogens (tertiary/aromatic N) is 2. The van der Waals surface area contributed by atoms with Crippen LogP contribution in [0.1, 0.15) is 57.6 Å². The van der Waals surface area contributed by atoms with Gasteiger partial charge < -0.3 is 10.2 Å². The van der Waals surface area contributed by atoms with Gasteiger partial charge in [0.15, 0.2) is 0 Å². The van der Waals surface area contributed by atoms with E-state index in [0.717, 1.165) is 28.8 Å². The van der Waals surface area contributed by atoms with Crippen molar-refractivity contribution in [1.29, 1.82) is 0 Å². The molecule has 13 heteroatoms. The molecule has 2 amide bonds. The number of hydrogen-bond acceptors (Lipinski definition) is 4. The van der Waals surface area contributed by atoms with Crippen molar-refractivity contribution >= 4 is 50.7 Å². The lowest BCUT2D eigenvalue weighted by Crippen LogP contribution is -2.50. The average Bonchev–Trinajstić information content (AvgIpc) is 2.86. The van der Waals surface area contributed by atoms with Crippen molar-refractivity contribution in [1.82, 2.24) is 10.2 Å². The monoisotopic (exact) mass is 623 g/mol. The summed E-state index contributed by atoms with van der Waals surface area (Å²) in [6, 6.07) is 7.88. The maximum atomic E-state index is 13.5. The van der Waals surface area contributed by atoms with Crippen molar-refractivity contribution in [2.45, 2.75) is 71.3 Å². The third kappa shape index (κ3) is 9.27. The molecule has 40 heavy (non-hydrogen) atoms. The summed E-state index contributed by atoms with van der Waals surface area (Å²) in [6.07, 6.45) is -2.99. The van der Waals surface area contributed by atoms with Gasteiger partial charge in [-0.1, -0.05) is 49.2 Å². The van der Waals surface area contributed by atoms with Gasteiger partial charge in [0.05, 0.1) is 17.5 Å². The van der Waals surface area contributed by atoms with Gasteiger partial charge in [0.1, 0.15) is 6.04 Å². The van der Waals surface area contributed by atoms with Gasteiger partial charge in [0, 0.05) is 41.2 Å². The number of nitrogens with one attached hydrogen (secondary N) is 1. The quantitative estimate of drug-likeness (QED) is 0.284.